The molecule has 1 aromatic heterocycles. The molecule has 0 aliphatic heterocycles. The van der Waals surface area contributed by atoms with Gasteiger partial charge >= 0.3 is 0 Å². The molecule has 0 aliphatic carbocycles. The van der Waals surface area contributed by atoms with Crippen LogP contribution in [0.5, 0.6) is 0 Å². The molecule has 114 valence electrons. The van der Waals surface area contributed by atoms with Crippen LogP contribution in [0.3, 0.4) is 0 Å². The van der Waals surface area contributed by atoms with Crippen molar-refractivity contribution < 1.29 is 0 Å². The Morgan fingerprint density at radius 2 is 2.05 bits per heavy atom. The summed E-state index contributed by atoms with van der Waals surface area (Å²) in [6, 6.07) is 8.60. The Labute approximate surface area is 135 Å². The van der Waals surface area contributed by atoms with E-state index in [4.69, 9.17) is 5.73 Å². The van der Waals surface area contributed by atoms with Crippen molar-refractivity contribution in [3.8, 4) is 0 Å². The second-order valence-electron chi connectivity index (χ2n) is 5.30. The summed E-state index contributed by atoms with van der Waals surface area (Å²) in [5.41, 5.74) is 8.49. The number of aromatic nitrogens is 2. The minimum atomic E-state index is 0.183. The molecule has 1 heterocycles. The summed E-state index contributed by atoms with van der Waals surface area (Å²) in [5.74, 6) is 0. The van der Waals surface area contributed by atoms with Gasteiger partial charge in [0, 0.05) is 30.3 Å². The molecule has 0 fully saturated rings. The highest BCUT2D eigenvalue weighted by Crippen LogP contribution is 2.21. The summed E-state index contributed by atoms with van der Waals surface area (Å²) < 4.78 is 3.31. The number of halogens is 1. The van der Waals surface area contributed by atoms with E-state index in [9.17, 15) is 0 Å². The molecule has 5 heteroatoms. The van der Waals surface area contributed by atoms with Gasteiger partial charge in [-0.15, -0.1) is 0 Å². The van der Waals surface area contributed by atoms with Crippen molar-refractivity contribution in [1.82, 2.24) is 14.5 Å². The Kier molecular flexibility index (Phi) is 5.96. The molecule has 0 radical (unpaired) electrons. The van der Waals surface area contributed by atoms with E-state index in [1.807, 2.05) is 12.5 Å². The topological polar surface area (TPSA) is 47.1 Å². The van der Waals surface area contributed by atoms with Crippen LogP contribution in [-0.2, 0) is 13.1 Å². The van der Waals surface area contributed by atoms with E-state index in [1.165, 1.54) is 11.3 Å². The van der Waals surface area contributed by atoms with Crippen LogP contribution in [-0.4, -0.2) is 28.0 Å². The van der Waals surface area contributed by atoms with Crippen LogP contribution < -0.4 is 5.73 Å². The summed E-state index contributed by atoms with van der Waals surface area (Å²) in [5, 5.41) is 0. The SMILES string of the molecule is CCCn1cncc1C(CN)N(C)Cc1ccc(Br)cc1. The van der Waals surface area contributed by atoms with Crippen molar-refractivity contribution in [2.45, 2.75) is 32.5 Å². The van der Waals surface area contributed by atoms with Gasteiger partial charge in [0.25, 0.3) is 0 Å². The maximum absolute atomic E-state index is 6.02. The molecule has 1 aromatic carbocycles. The Morgan fingerprint density at radius 3 is 2.67 bits per heavy atom. The molecule has 2 rings (SSSR count). The first-order valence-corrected chi connectivity index (χ1v) is 8.09. The lowest BCUT2D eigenvalue weighted by Crippen LogP contribution is -2.31. The zero-order valence-electron chi connectivity index (χ0n) is 12.7. The van der Waals surface area contributed by atoms with E-state index in [0.29, 0.717) is 6.54 Å². The number of nitrogens with two attached hydrogens (primary N) is 1. The molecular weight excluding hydrogens is 328 g/mol. The third-order valence-corrected chi connectivity index (χ3v) is 4.18. The standard InChI is InChI=1S/C16H23BrN4/c1-3-8-21-12-19-10-16(21)15(9-18)20(2)11-13-4-6-14(17)7-5-13/h4-7,10,12,15H,3,8-9,11,18H2,1-2H3. The number of hydrogen-bond acceptors (Lipinski definition) is 3. The smallest absolute Gasteiger partial charge is 0.0948 e. The Morgan fingerprint density at radius 1 is 1.33 bits per heavy atom. The van der Waals surface area contributed by atoms with Crippen molar-refractivity contribution in [1.29, 1.82) is 0 Å². The lowest BCUT2D eigenvalue weighted by atomic mass is 10.1. The van der Waals surface area contributed by atoms with Crippen LogP contribution in [0.4, 0.5) is 0 Å². The third-order valence-electron chi connectivity index (χ3n) is 3.65. The predicted molar refractivity (Wildman–Crippen MR) is 89.9 cm³/mol. The van der Waals surface area contributed by atoms with Crippen molar-refractivity contribution in [3.63, 3.8) is 0 Å². The van der Waals surface area contributed by atoms with Gasteiger partial charge in [-0.3, -0.25) is 4.90 Å². The van der Waals surface area contributed by atoms with Gasteiger partial charge in [0.1, 0.15) is 0 Å². The summed E-state index contributed by atoms with van der Waals surface area (Å²) in [7, 11) is 2.11. The van der Waals surface area contributed by atoms with E-state index in [-0.39, 0.29) is 6.04 Å². The molecule has 0 bridgehead atoms. The maximum atomic E-state index is 6.02. The minimum absolute atomic E-state index is 0.183. The molecule has 0 saturated carbocycles. The maximum Gasteiger partial charge on any atom is 0.0948 e. The molecule has 0 saturated heterocycles. The molecule has 2 aromatic rings. The Hall–Kier alpha value is -1.17. The molecule has 21 heavy (non-hydrogen) atoms. The van der Waals surface area contributed by atoms with Gasteiger partial charge in [-0.1, -0.05) is 35.0 Å². The fraction of sp³-hybridized carbons (Fsp3) is 0.438. The van der Waals surface area contributed by atoms with Crippen LogP contribution in [0, 0.1) is 0 Å². The monoisotopic (exact) mass is 350 g/mol. The third kappa shape index (κ3) is 4.15. The predicted octanol–water partition coefficient (Wildman–Crippen LogP) is 3.19. The van der Waals surface area contributed by atoms with Crippen LogP contribution >= 0.6 is 15.9 Å². The Balaban J connectivity index is 2.12. The van der Waals surface area contributed by atoms with Gasteiger partial charge in [-0.05, 0) is 31.2 Å². The fourth-order valence-electron chi connectivity index (χ4n) is 2.55. The van der Waals surface area contributed by atoms with Crippen molar-refractivity contribution >= 4 is 15.9 Å². The highest BCUT2D eigenvalue weighted by atomic mass is 79.9. The highest BCUT2D eigenvalue weighted by Gasteiger charge is 2.19. The van der Waals surface area contributed by atoms with E-state index >= 15 is 0 Å². The number of nitrogens with zero attached hydrogens (tertiary/aromatic N) is 3. The Bertz CT molecular complexity index is 550. The van der Waals surface area contributed by atoms with Gasteiger partial charge in [0.2, 0.25) is 0 Å². The van der Waals surface area contributed by atoms with Crippen molar-refractivity contribution in [2.24, 2.45) is 5.73 Å². The highest BCUT2D eigenvalue weighted by molar-refractivity contribution is 9.10. The molecule has 0 amide bonds. The summed E-state index contributed by atoms with van der Waals surface area (Å²) >= 11 is 3.47. The van der Waals surface area contributed by atoms with Gasteiger partial charge in [-0.25, -0.2) is 4.98 Å². The number of rotatable bonds is 7. The first-order chi connectivity index (χ1) is 10.2. The van der Waals surface area contributed by atoms with Gasteiger partial charge in [-0.2, -0.15) is 0 Å². The summed E-state index contributed by atoms with van der Waals surface area (Å²) in [6.07, 6.45) is 4.93. The summed E-state index contributed by atoms with van der Waals surface area (Å²) in [4.78, 5) is 6.57. The van der Waals surface area contributed by atoms with E-state index < -0.39 is 0 Å². The molecule has 0 aliphatic rings. The number of hydrogen-bond donors (Lipinski definition) is 1. The van der Waals surface area contributed by atoms with E-state index in [0.717, 1.165) is 24.0 Å². The molecule has 1 unspecified atom stereocenters. The van der Waals surface area contributed by atoms with Crippen LogP contribution in [0.15, 0.2) is 41.3 Å². The number of imidazole rings is 1. The minimum Gasteiger partial charge on any atom is -0.333 e. The van der Waals surface area contributed by atoms with Crippen LogP contribution in [0.2, 0.25) is 0 Å². The number of likely N-dealkylation sites (N-methyl/N-ethyl adjacent to an activating group) is 1. The second-order valence-corrected chi connectivity index (χ2v) is 6.22. The average molecular weight is 351 g/mol. The lowest BCUT2D eigenvalue weighted by molar-refractivity contribution is 0.232. The van der Waals surface area contributed by atoms with Crippen molar-refractivity contribution in [2.75, 3.05) is 13.6 Å². The summed E-state index contributed by atoms with van der Waals surface area (Å²) in [6.45, 7) is 4.61. The molecule has 4 nitrogen and oxygen atoms in total. The van der Waals surface area contributed by atoms with Crippen molar-refractivity contribution in [3.05, 3.63) is 52.5 Å². The largest absolute Gasteiger partial charge is 0.333 e. The number of benzene rings is 1. The molecule has 2 N–H and O–H groups in total. The quantitative estimate of drug-likeness (QED) is 0.833. The van der Waals surface area contributed by atoms with Crippen LogP contribution in [0.1, 0.15) is 30.6 Å². The van der Waals surface area contributed by atoms with E-state index in [2.05, 4.69) is 68.6 Å². The normalized spacial score (nSPS) is 12.8. The van der Waals surface area contributed by atoms with Gasteiger partial charge in [0.15, 0.2) is 0 Å². The number of aryl methyl sites for hydroxylation is 1. The van der Waals surface area contributed by atoms with Crippen LogP contribution in [0.25, 0.3) is 0 Å². The molecule has 1 atom stereocenters. The first-order valence-electron chi connectivity index (χ1n) is 7.30. The zero-order valence-corrected chi connectivity index (χ0v) is 14.3. The first kappa shape index (κ1) is 16.2. The van der Waals surface area contributed by atoms with Gasteiger partial charge < -0.3 is 10.3 Å². The molecular formula is C16H23BrN4. The van der Waals surface area contributed by atoms with E-state index in [1.54, 1.807) is 0 Å². The zero-order chi connectivity index (χ0) is 15.2. The average Bonchev–Trinajstić information content (AvgIpc) is 2.91. The lowest BCUT2D eigenvalue weighted by Gasteiger charge is -2.27. The second kappa shape index (κ2) is 7.73. The van der Waals surface area contributed by atoms with Gasteiger partial charge in [0.05, 0.1) is 18.1 Å². The fourth-order valence-corrected chi connectivity index (χ4v) is 2.82. The molecule has 0 spiro atoms.